The molecule has 0 amide bonds. The zero-order chi connectivity index (χ0) is 13.1. The van der Waals surface area contributed by atoms with Gasteiger partial charge >= 0.3 is 5.97 Å². The number of carboxylic acids is 1. The van der Waals surface area contributed by atoms with E-state index in [2.05, 4.69) is 0 Å². The molecule has 0 aliphatic heterocycles. The van der Waals surface area contributed by atoms with Gasteiger partial charge in [0, 0.05) is 6.54 Å². The van der Waals surface area contributed by atoms with Crippen molar-refractivity contribution in [1.82, 2.24) is 0 Å². The van der Waals surface area contributed by atoms with Crippen molar-refractivity contribution in [3.63, 3.8) is 0 Å². The molecule has 0 saturated carbocycles. The van der Waals surface area contributed by atoms with Crippen molar-refractivity contribution in [2.24, 2.45) is 5.73 Å². The molecule has 94 valence electrons. The fourth-order valence-corrected chi connectivity index (χ4v) is 1.53. The summed E-state index contributed by atoms with van der Waals surface area (Å²) in [5, 5.41) is 8.98. The van der Waals surface area contributed by atoms with Crippen molar-refractivity contribution in [1.29, 1.82) is 0 Å². The second-order valence-corrected chi connectivity index (χ2v) is 3.51. The van der Waals surface area contributed by atoms with E-state index >= 15 is 0 Å². The Hall–Kier alpha value is -1.69. The molecule has 6 heteroatoms. The summed E-state index contributed by atoms with van der Waals surface area (Å²) in [6.45, 7) is -0.674. The van der Waals surface area contributed by atoms with E-state index in [1.807, 2.05) is 0 Å². The van der Waals surface area contributed by atoms with Gasteiger partial charge in [0.2, 0.25) is 0 Å². The van der Waals surface area contributed by atoms with Gasteiger partial charge in [-0.3, -0.25) is 4.79 Å². The summed E-state index contributed by atoms with van der Waals surface area (Å²) in [5.74, 6) is -1.18. The van der Waals surface area contributed by atoms with Crippen molar-refractivity contribution in [3.8, 4) is 5.75 Å². The van der Waals surface area contributed by atoms with Crippen LogP contribution in [0.1, 0.15) is 5.56 Å². The molecule has 17 heavy (non-hydrogen) atoms. The minimum Gasteiger partial charge on any atom is -0.497 e. The van der Waals surface area contributed by atoms with Crippen LogP contribution in [0.15, 0.2) is 24.3 Å². The summed E-state index contributed by atoms with van der Waals surface area (Å²) in [4.78, 5) is 11.1. The summed E-state index contributed by atoms with van der Waals surface area (Å²) in [5.41, 5.74) is 2.81. The maximum absolute atomic E-state index is 13.0. The van der Waals surface area contributed by atoms with Gasteiger partial charge in [0.25, 0.3) is 6.43 Å². The summed E-state index contributed by atoms with van der Waals surface area (Å²) in [7, 11) is 1.43. The summed E-state index contributed by atoms with van der Waals surface area (Å²) >= 11 is 0. The molecule has 4 nitrogen and oxygen atoms in total. The highest BCUT2D eigenvalue weighted by molar-refractivity contribution is 5.82. The number of ether oxygens (including phenoxy) is 1. The minimum atomic E-state index is -3.08. The minimum absolute atomic E-state index is 0.0386. The van der Waals surface area contributed by atoms with E-state index in [9.17, 15) is 13.6 Å². The first-order valence-corrected chi connectivity index (χ1v) is 4.85. The first kappa shape index (κ1) is 13.4. The molecule has 3 N–H and O–H groups in total. The van der Waals surface area contributed by atoms with E-state index in [1.165, 1.54) is 31.4 Å². The molecule has 0 fully saturated rings. The van der Waals surface area contributed by atoms with Crippen LogP contribution in [0.25, 0.3) is 0 Å². The number of aliphatic carboxylic acids is 1. The predicted molar refractivity (Wildman–Crippen MR) is 57.4 cm³/mol. The summed E-state index contributed by atoms with van der Waals surface area (Å²) in [6, 6.07) is 5.41. The lowest BCUT2D eigenvalue weighted by atomic mass is 9.81. The average Bonchev–Trinajstić information content (AvgIpc) is 2.30. The van der Waals surface area contributed by atoms with Crippen LogP contribution in [0.4, 0.5) is 8.78 Å². The number of halogens is 2. The van der Waals surface area contributed by atoms with Gasteiger partial charge in [0.1, 0.15) is 5.75 Å². The Balaban J connectivity index is 3.26. The number of hydrogen-bond acceptors (Lipinski definition) is 3. The standard InChI is InChI=1S/C11H13F2NO3/c1-17-8-4-2-7(3-5-8)11(6-14,9(12)13)10(15)16/h2-5,9H,6,14H2,1H3,(H,15,16). The summed E-state index contributed by atoms with van der Waals surface area (Å²) < 4.78 is 30.8. The quantitative estimate of drug-likeness (QED) is 0.818. The molecule has 1 aromatic carbocycles. The van der Waals surface area contributed by atoms with Crippen LogP contribution in [-0.4, -0.2) is 31.2 Å². The Labute approximate surface area is 97.0 Å². The van der Waals surface area contributed by atoms with Crippen molar-refractivity contribution in [3.05, 3.63) is 29.8 Å². The van der Waals surface area contributed by atoms with E-state index in [1.54, 1.807) is 0 Å². The summed E-state index contributed by atoms with van der Waals surface area (Å²) in [6.07, 6.45) is -3.08. The van der Waals surface area contributed by atoms with Crippen LogP contribution in [0.5, 0.6) is 5.75 Å². The number of benzene rings is 1. The van der Waals surface area contributed by atoms with E-state index in [0.29, 0.717) is 5.75 Å². The van der Waals surface area contributed by atoms with E-state index in [4.69, 9.17) is 15.6 Å². The number of carboxylic acid groups (broad SMARTS) is 1. The monoisotopic (exact) mass is 245 g/mol. The fourth-order valence-electron chi connectivity index (χ4n) is 1.53. The molecule has 1 aromatic rings. The molecule has 0 aliphatic rings. The Morgan fingerprint density at radius 2 is 2.00 bits per heavy atom. The normalized spacial score (nSPS) is 14.4. The molecule has 1 unspecified atom stereocenters. The van der Waals surface area contributed by atoms with Crippen molar-refractivity contribution < 1.29 is 23.4 Å². The number of alkyl halides is 2. The number of rotatable bonds is 5. The number of hydrogen-bond donors (Lipinski definition) is 2. The van der Waals surface area contributed by atoms with Crippen LogP contribution in [0, 0.1) is 0 Å². The molecule has 1 atom stereocenters. The van der Waals surface area contributed by atoms with E-state index in [-0.39, 0.29) is 5.56 Å². The first-order chi connectivity index (χ1) is 7.98. The van der Waals surface area contributed by atoms with Gasteiger partial charge in [-0.2, -0.15) is 0 Å². The predicted octanol–water partition coefficient (Wildman–Crippen LogP) is 1.24. The van der Waals surface area contributed by atoms with Crippen LogP contribution < -0.4 is 10.5 Å². The van der Waals surface area contributed by atoms with Gasteiger partial charge in [0.05, 0.1) is 7.11 Å². The van der Waals surface area contributed by atoms with Crippen LogP contribution in [-0.2, 0) is 10.2 Å². The highest BCUT2D eigenvalue weighted by atomic mass is 19.3. The maximum atomic E-state index is 13.0. The van der Waals surface area contributed by atoms with Gasteiger partial charge in [-0.05, 0) is 17.7 Å². The molecule has 0 heterocycles. The van der Waals surface area contributed by atoms with Crippen LogP contribution in [0.2, 0.25) is 0 Å². The zero-order valence-electron chi connectivity index (χ0n) is 9.19. The third kappa shape index (κ3) is 2.21. The highest BCUT2D eigenvalue weighted by Crippen LogP contribution is 2.31. The molecule has 0 aromatic heterocycles. The average molecular weight is 245 g/mol. The van der Waals surface area contributed by atoms with E-state index in [0.717, 1.165) is 0 Å². The molecule has 0 aliphatic carbocycles. The van der Waals surface area contributed by atoms with Gasteiger partial charge in [-0.1, -0.05) is 12.1 Å². The van der Waals surface area contributed by atoms with Crippen LogP contribution in [0.3, 0.4) is 0 Å². The molecule has 1 rings (SSSR count). The molecule has 0 radical (unpaired) electrons. The SMILES string of the molecule is COc1ccc(C(CN)(C(=O)O)C(F)F)cc1. The second kappa shape index (κ2) is 5.09. The lowest BCUT2D eigenvalue weighted by molar-refractivity contribution is -0.150. The largest absolute Gasteiger partial charge is 0.497 e. The highest BCUT2D eigenvalue weighted by Gasteiger charge is 2.48. The lowest BCUT2D eigenvalue weighted by Gasteiger charge is -2.27. The molecular weight excluding hydrogens is 232 g/mol. The van der Waals surface area contributed by atoms with E-state index < -0.39 is 24.4 Å². The molecular formula is C11H13F2NO3. The fraction of sp³-hybridized carbons (Fsp3) is 0.364. The zero-order valence-corrected chi connectivity index (χ0v) is 9.19. The Bertz CT molecular complexity index is 394. The van der Waals surface area contributed by atoms with Gasteiger partial charge in [-0.25, -0.2) is 8.78 Å². The lowest BCUT2D eigenvalue weighted by Crippen LogP contribution is -2.49. The Morgan fingerprint density at radius 1 is 1.47 bits per heavy atom. The van der Waals surface area contributed by atoms with Gasteiger partial charge in [-0.15, -0.1) is 0 Å². The van der Waals surface area contributed by atoms with Crippen LogP contribution >= 0.6 is 0 Å². The molecule has 0 bridgehead atoms. The number of carbonyl (C=O) groups is 1. The van der Waals surface area contributed by atoms with Gasteiger partial charge < -0.3 is 15.6 Å². The molecule has 0 saturated heterocycles. The topological polar surface area (TPSA) is 72.5 Å². The smallest absolute Gasteiger partial charge is 0.321 e. The number of nitrogens with two attached hydrogens (primary N) is 1. The van der Waals surface area contributed by atoms with Crippen molar-refractivity contribution in [2.75, 3.05) is 13.7 Å². The second-order valence-electron chi connectivity index (χ2n) is 3.51. The Kier molecular flexibility index (Phi) is 4.01. The number of methoxy groups -OCH3 is 1. The first-order valence-electron chi connectivity index (χ1n) is 4.85. The third-order valence-corrected chi connectivity index (χ3v) is 2.68. The maximum Gasteiger partial charge on any atom is 0.321 e. The van der Waals surface area contributed by atoms with Crippen molar-refractivity contribution >= 4 is 5.97 Å². The Morgan fingerprint density at radius 3 is 2.29 bits per heavy atom. The van der Waals surface area contributed by atoms with Gasteiger partial charge in [0.15, 0.2) is 5.41 Å². The van der Waals surface area contributed by atoms with Crippen molar-refractivity contribution in [2.45, 2.75) is 11.8 Å². The molecule has 0 spiro atoms. The third-order valence-electron chi connectivity index (χ3n) is 2.68.